The van der Waals surface area contributed by atoms with Gasteiger partial charge in [-0.2, -0.15) is 0 Å². The van der Waals surface area contributed by atoms with Crippen LogP contribution in [0.25, 0.3) is 0 Å². The van der Waals surface area contributed by atoms with Crippen LogP contribution < -0.4 is 5.32 Å². The highest BCUT2D eigenvalue weighted by molar-refractivity contribution is 4.86. The maximum Gasteiger partial charge on any atom is 0.0634 e. The van der Waals surface area contributed by atoms with Gasteiger partial charge in [-0.05, 0) is 39.5 Å². The third-order valence-corrected chi connectivity index (χ3v) is 4.02. The van der Waals surface area contributed by atoms with Gasteiger partial charge in [-0.1, -0.05) is 13.8 Å². The lowest BCUT2D eigenvalue weighted by molar-refractivity contribution is -0.00114. The highest BCUT2D eigenvalue weighted by Gasteiger charge is 2.28. The summed E-state index contributed by atoms with van der Waals surface area (Å²) in [6, 6.07) is 1.30. The second-order valence-corrected chi connectivity index (χ2v) is 6.80. The molecule has 0 aromatic rings. The number of hydrogen-bond acceptors (Lipinski definition) is 3. The molecule has 18 heavy (non-hydrogen) atoms. The van der Waals surface area contributed by atoms with E-state index in [1.165, 1.54) is 6.42 Å². The fraction of sp³-hybridized carbons (Fsp3) is 1.00. The van der Waals surface area contributed by atoms with Gasteiger partial charge in [-0.15, -0.1) is 0 Å². The number of hydrogen-bond donors (Lipinski definition) is 1. The Balaban J connectivity index is 2.51. The van der Waals surface area contributed by atoms with E-state index in [1.807, 2.05) is 7.11 Å². The molecular formula is C15H32N2O. The Kier molecular flexibility index (Phi) is 6.09. The van der Waals surface area contributed by atoms with Crippen LogP contribution in [0.1, 0.15) is 47.5 Å². The highest BCUT2D eigenvalue weighted by atomic mass is 16.5. The molecule has 0 bridgehead atoms. The molecule has 3 nitrogen and oxygen atoms in total. The van der Waals surface area contributed by atoms with Crippen LogP contribution in [0, 0.1) is 5.92 Å². The van der Waals surface area contributed by atoms with E-state index >= 15 is 0 Å². The van der Waals surface area contributed by atoms with Crippen LogP contribution in [0.2, 0.25) is 0 Å². The molecule has 1 heterocycles. The van der Waals surface area contributed by atoms with Gasteiger partial charge < -0.3 is 10.1 Å². The van der Waals surface area contributed by atoms with E-state index in [-0.39, 0.29) is 5.60 Å². The molecule has 0 radical (unpaired) electrons. The SMILES string of the molecule is COC(C)(C)CCN1CC(C)NCC1CC(C)C. The van der Waals surface area contributed by atoms with Gasteiger partial charge in [0.05, 0.1) is 5.60 Å². The Bertz CT molecular complexity index is 241. The summed E-state index contributed by atoms with van der Waals surface area (Å²) in [5, 5.41) is 3.61. The lowest BCUT2D eigenvalue weighted by atomic mass is 9.97. The van der Waals surface area contributed by atoms with Crippen LogP contribution in [0.3, 0.4) is 0 Å². The highest BCUT2D eigenvalue weighted by Crippen LogP contribution is 2.19. The van der Waals surface area contributed by atoms with Crippen molar-refractivity contribution in [2.45, 2.75) is 65.1 Å². The number of piperazine rings is 1. The average molecular weight is 256 g/mol. The fourth-order valence-electron chi connectivity index (χ4n) is 2.60. The first-order chi connectivity index (χ1) is 8.34. The predicted molar refractivity (Wildman–Crippen MR) is 78.0 cm³/mol. The van der Waals surface area contributed by atoms with E-state index in [9.17, 15) is 0 Å². The molecule has 108 valence electrons. The predicted octanol–water partition coefficient (Wildman–Crippen LogP) is 2.51. The summed E-state index contributed by atoms with van der Waals surface area (Å²) in [4.78, 5) is 2.65. The molecule has 1 aliphatic rings. The Hall–Kier alpha value is -0.120. The smallest absolute Gasteiger partial charge is 0.0634 e. The van der Waals surface area contributed by atoms with Gasteiger partial charge in [0, 0.05) is 38.8 Å². The summed E-state index contributed by atoms with van der Waals surface area (Å²) >= 11 is 0. The van der Waals surface area contributed by atoms with Gasteiger partial charge >= 0.3 is 0 Å². The van der Waals surface area contributed by atoms with Crippen molar-refractivity contribution >= 4 is 0 Å². The Morgan fingerprint density at radius 3 is 2.61 bits per heavy atom. The van der Waals surface area contributed by atoms with Gasteiger partial charge in [0.15, 0.2) is 0 Å². The molecule has 3 heteroatoms. The van der Waals surface area contributed by atoms with Gasteiger partial charge in [0.1, 0.15) is 0 Å². The van der Waals surface area contributed by atoms with Crippen molar-refractivity contribution in [3.63, 3.8) is 0 Å². The molecule has 0 aromatic carbocycles. The maximum absolute atomic E-state index is 5.53. The minimum absolute atomic E-state index is 0.00348. The van der Waals surface area contributed by atoms with E-state index in [2.05, 4.69) is 44.8 Å². The minimum Gasteiger partial charge on any atom is -0.379 e. The molecule has 0 spiro atoms. The second-order valence-electron chi connectivity index (χ2n) is 6.80. The molecule has 1 saturated heterocycles. The zero-order valence-corrected chi connectivity index (χ0v) is 13.1. The van der Waals surface area contributed by atoms with E-state index in [0.29, 0.717) is 12.1 Å². The molecule has 0 aliphatic carbocycles. The molecule has 0 saturated carbocycles. The summed E-state index contributed by atoms with van der Waals surface area (Å²) in [5.41, 5.74) is -0.00348. The lowest BCUT2D eigenvalue weighted by Gasteiger charge is -2.41. The first-order valence-electron chi connectivity index (χ1n) is 7.36. The molecule has 2 atom stereocenters. The summed E-state index contributed by atoms with van der Waals surface area (Å²) in [6.45, 7) is 14.7. The van der Waals surface area contributed by atoms with Crippen LogP contribution in [0.5, 0.6) is 0 Å². The van der Waals surface area contributed by atoms with E-state index in [1.54, 1.807) is 0 Å². The largest absolute Gasteiger partial charge is 0.379 e. The summed E-state index contributed by atoms with van der Waals surface area (Å²) in [6.07, 6.45) is 2.39. The standard InChI is InChI=1S/C15H32N2O/c1-12(2)9-14-10-16-13(3)11-17(14)8-7-15(4,5)18-6/h12-14,16H,7-11H2,1-6H3. The molecular weight excluding hydrogens is 224 g/mol. The van der Waals surface area contributed by atoms with Crippen LogP contribution in [-0.2, 0) is 4.74 Å². The number of nitrogens with zero attached hydrogens (tertiary/aromatic N) is 1. The first kappa shape index (κ1) is 15.9. The number of rotatable bonds is 6. The van der Waals surface area contributed by atoms with Crippen molar-refractivity contribution in [2.75, 3.05) is 26.7 Å². The molecule has 1 rings (SSSR count). The number of methoxy groups -OCH3 is 1. The molecule has 2 unspecified atom stereocenters. The Morgan fingerprint density at radius 2 is 2.06 bits per heavy atom. The normalized spacial score (nSPS) is 26.8. The van der Waals surface area contributed by atoms with Crippen molar-refractivity contribution in [2.24, 2.45) is 5.92 Å². The van der Waals surface area contributed by atoms with Gasteiger partial charge in [-0.3, -0.25) is 4.90 Å². The summed E-state index contributed by atoms with van der Waals surface area (Å²) < 4.78 is 5.53. The van der Waals surface area contributed by atoms with Crippen LogP contribution in [0.4, 0.5) is 0 Å². The summed E-state index contributed by atoms with van der Waals surface area (Å²) in [5.74, 6) is 0.767. The van der Waals surface area contributed by atoms with Crippen molar-refractivity contribution in [1.82, 2.24) is 10.2 Å². The maximum atomic E-state index is 5.53. The average Bonchev–Trinajstić information content (AvgIpc) is 2.29. The van der Waals surface area contributed by atoms with Crippen molar-refractivity contribution in [3.8, 4) is 0 Å². The van der Waals surface area contributed by atoms with E-state index in [4.69, 9.17) is 4.74 Å². The topological polar surface area (TPSA) is 24.5 Å². The van der Waals surface area contributed by atoms with Crippen molar-refractivity contribution in [3.05, 3.63) is 0 Å². The molecule has 1 fully saturated rings. The quantitative estimate of drug-likeness (QED) is 0.790. The monoisotopic (exact) mass is 256 g/mol. The van der Waals surface area contributed by atoms with Crippen LogP contribution in [0.15, 0.2) is 0 Å². The van der Waals surface area contributed by atoms with Crippen molar-refractivity contribution < 1.29 is 4.74 Å². The third kappa shape index (κ3) is 5.25. The minimum atomic E-state index is -0.00348. The molecule has 1 aliphatic heterocycles. The van der Waals surface area contributed by atoms with Crippen LogP contribution >= 0.6 is 0 Å². The van der Waals surface area contributed by atoms with E-state index in [0.717, 1.165) is 32.0 Å². The zero-order chi connectivity index (χ0) is 13.8. The van der Waals surface area contributed by atoms with Crippen molar-refractivity contribution in [1.29, 1.82) is 0 Å². The third-order valence-electron chi connectivity index (χ3n) is 4.02. The zero-order valence-electron chi connectivity index (χ0n) is 13.1. The second kappa shape index (κ2) is 6.88. The Morgan fingerprint density at radius 1 is 1.39 bits per heavy atom. The Labute approximate surface area is 113 Å². The van der Waals surface area contributed by atoms with E-state index < -0.39 is 0 Å². The number of ether oxygens (including phenoxy) is 1. The molecule has 1 N–H and O–H groups in total. The fourth-order valence-corrected chi connectivity index (χ4v) is 2.60. The van der Waals surface area contributed by atoms with Gasteiger partial charge in [0.2, 0.25) is 0 Å². The first-order valence-corrected chi connectivity index (χ1v) is 7.36. The van der Waals surface area contributed by atoms with Gasteiger partial charge in [0.25, 0.3) is 0 Å². The molecule has 0 aromatic heterocycles. The van der Waals surface area contributed by atoms with Crippen LogP contribution in [-0.4, -0.2) is 49.3 Å². The molecule has 0 amide bonds. The number of nitrogens with one attached hydrogen (secondary N) is 1. The lowest BCUT2D eigenvalue weighted by Crippen LogP contribution is -2.56. The summed E-state index contributed by atoms with van der Waals surface area (Å²) in [7, 11) is 1.81. The van der Waals surface area contributed by atoms with Gasteiger partial charge in [-0.25, -0.2) is 0 Å².